The Hall–Kier alpha value is -2.37. The van der Waals surface area contributed by atoms with Gasteiger partial charge in [-0.3, -0.25) is 9.69 Å². The van der Waals surface area contributed by atoms with Gasteiger partial charge in [0, 0.05) is 43.3 Å². The molecule has 0 spiro atoms. The van der Waals surface area contributed by atoms with Gasteiger partial charge in [-0.1, -0.05) is 42.8 Å². The number of carbonyl (C=O) groups is 1. The standard InChI is InChI=1S/C20H28N4O.C8H9Cl/c1-15(25)19-13-21-20-14-23(11-12-24(19)20)18(16-5-3-6-16)7-4-10-22(2)17-8-9-17;1-2-7-5-3-4-6-8(7)9/h4,7,13,17H,3,5-6,8-12,14H2,1-2H3;3-6H,2H2,1H3/b7-4+;. The Morgan fingerprint density at radius 1 is 1.24 bits per heavy atom. The molecule has 182 valence electrons. The van der Waals surface area contributed by atoms with Crippen LogP contribution in [0.15, 0.2) is 53.9 Å². The summed E-state index contributed by atoms with van der Waals surface area (Å²) >= 11 is 5.82. The van der Waals surface area contributed by atoms with Gasteiger partial charge in [0.15, 0.2) is 5.78 Å². The Bertz CT molecular complexity index is 1060. The predicted octanol–water partition coefficient (Wildman–Crippen LogP) is 5.89. The van der Waals surface area contributed by atoms with Crippen LogP contribution >= 0.6 is 11.6 Å². The van der Waals surface area contributed by atoms with E-state index >= 15 is 0 Å². The van der Waals surface area contributed by atoms with Crippen LogP contribution in [0.25, 0.3) is 0 Å². The Labute approximate surface area is 209 Å². The van der Waals surface area contributed by atoms with E-state index < -0.39 is 0 Å². The fourth-order valence-corrected chi connectivity index (χ4v) is 4.85. The molecule has 3 aliphatic rings. The van der Waals surface area contributed by atoms with Crippen LogP contribution in [-0.2, 0) is 19.5 Å². The van der Waals surface area contributed by atoms with Gasteiger partial charge in [0.25, 0.3) is 0 Å². The second-order valence-electron chi connectivity index (χ2n) is 9.55. The molecule has 1 aromatic heterocycles. The van der Waals surface area contributed by atoms with E-state index in [2.05, 4.69) is 45.5 Å². The first kappa shape index (κ1) is 24.7. The molecule has 0 amide bonds. The second-order valence-corrected chi connectivity index (χ2v) is 9.96. The topological polar surface area (TPSA) is 41.4 Å². The van der Waals surface area contributed by atoms with E-state index in [1.807, 2.05) is 24.3 Å². The Kier molecular flexibility index (Phi) is 8.28. The van der Waals surface area contributed by atoms with Crippen LogP contribution in [0.1, 0.15) is 67.8 Å². The zero-order valence-electron chi connectivity index (χ0n) is 20.8. The number of hydrogen-bond donors (Lipinski definition) is 0. The summed E-state index contributed by atoms with van der Waals surface area (Å²) in [6.07, 6.45) is 13.9. The highest BCUT2D eigenvalue weighted by molar-refractivity contribution is 6.31. The largest absolute Gasteiger partial charge is 0.362 e. The summed E-state index contributed by atoms with van der Waals surface area (Å²) < 4.78 is 2.09. The van der Waals surface area contributed by atoms with Gasteiger partial charge in [-0.05, 0) is 68.9 Å². The number of nitrogens with zero attached hydrogens (tertiary/aromatic N) is 4. The maximum Gasteiger partial charge on any atom is 0.177 e. The van der Waals surface area contributed by atoms with E-state index in [4.69, 9.17) is 11.6 Å². The van der Waals surface area contributed by atoms with Gasteiger partial charge in [-0.25, -0.2) is 4.98 Å². The highest BCUT2D eigenvalue weighted by Crippen LogP contribution is 2.33. The third kappa shape index (κ3) is 6.00. The molecule has 1 aromatic carbocycles. The zero-order valence-corrected chi connectivity index (χ0v) is 21.5. The number of ketones is 1. The number of allylic oxidation sites excluding steroid dienone is 2. The highest BCUT2D eigenvalue weighted by Gasteiger charge is 2.26. The molecule has 34 heavy (non-hydrogen) atoms. The summed E-state index contributed by atoms with van der Waals surface area (Å²) in [5.74, 6) is 1.12. The molecular weight excluding hydrogens is 444 g/mol. The lowest BCUT2D eigenvalue weighted by molar-refractivity contribution is 0.100. The minimum Gasteiger partial charge on any atom is -0.362 e. The minimum absolute atomic E-state index is 0.104. The monoisotopic (exact) mass is 480 g/mol. The summed E-state index contributed by atoms with van der Waals surface area (Å²) in [4.78, 5) is 21.1. The second kappa shape index (κ2) is 11.4. The maximum atomic E-state index is 11.7. The van der Waals surface area contributed by atoms with E-state index in [9.17, 15) is 4.79 Å². The molecule has 0 bridgehead atoms. The van der Waals surface area contributed by atoms with Crippen LogP contribution in [0.5, 0.6) is 0 Å². The number of rotatable bonds is 7. The van der Waals surface area contributed by atoms with Crippen LogP contribution in [-0.4, -0.2) is 51.3 Å². The summed E-state index contributed by atoms with van der Waals surface area (Å²) in [6.45, 7) is 7.34. The minimum atomic E-state index is 0.104. The smallest absolute Gasteiger partial charge is 0.177 e. The quantitative estimate of drug-likeness (QED) is 0.463. The van der Waals surface area contributed by atoms with Crippen LogP contribution in [0.2, 0.25) is 5.02 Å². The van der Waals surface area contributed by atoms with Gasteiger partial charge < -0.3 is 9.47 Å². The first-order chi connectivity index (χ1) is 16.5. The number of fused-ring (bicyclic) bond motifs is 1. The average molecular weight is 481 g/mol. The molecule has 2 aliphatic carbocycles. The van der Waals surface area contributed by atoms with Crippen LogP contribution in [0.4, 0.5) is 0 Å². The van der Waals surface area contributed by atoms with E-state index in [1.165, 1.54) is 43.4 Å². The van der Waals surface area contributed by atoms with Crippen molar-refractivity contribution in [3.8, 4) is 0 Å². The molecule has 2 aromatic rings. The molecule has 0 radical (unpaired) electrons. The van der Waals surface area contributed by atoms with Gasteiger partial charge in [0.1, 0.15) is 11.5 Å². The number of benzene rings is 1. The van der Waals surface area contributed by atoms with E-state index in [0.29, 0.717) is 0 Å². The van der Waals surface area contributed by atoms with Crippen LogP contribution in [0, 0.1) is 0 Å². The summed E-state index contributed by atoms with van der Waals surface area (Å²) in [5, 5.41) is 0.875. The number of likely N-dealkylation sites (N-methyl/N-ethyl adjacent to an activating group) is 1. The summed E-state index contributed by atoms with van der Waals surface area (Å²) in [5.41, 5.74) is 4.94. The van der Waals surface area contributed by atoms with Crippen molar-refractivity contribution < 1.29 is 4.79 Å². The number of aryl methyl sites for hydroxylation is 1. The third-order valence-electron chi connectivity index (χ3n) is 7.06. The molecule has 0 N–H and O–H groups in total. The molecule has 2 saturated carbocycles. The van der Waals surface area contributed by atoms with Crippen molar-refractivity contribution in [2.45, 2.75) is 71.5 Å². The average Bonchev–Trinajstić information content (AvgIpc) is 3.56. The van der Waals surface area contributed by atoms with Gasteiger partial charge >= 0.3 is 0 Å². The van der Waals surface area contributed by atoms with E-state index in [1.54, 1.807) is 18.7 Å². The first-order valence-corrected chi connectivity index (χ1v) is 13.0. The fraction of sp³-hybridized carbons (Fsp3) is 0.500. The Morgan fingerprint density at radius 3 is 2.59 bits per heavy atom. The SMILES string of the molecule is CC(=O)c1cnc2n1CCN(C(/C=C/CN(C)C1CC1)=C1CCC1)C2.CCc1ccccc1Cl. The Balaban J connectivity index is 0.000000257. The number of Topliss-reactive ketones (excluding diaryl/α,β-unsaturated/α-hetero) is 1. The highest BCUT2D eigenvalue weighted by atomic mass is 35.5. The molecular formula is C28H37ClN4O. The van der Waals surface area contributed by atoms with Crippen molar-refractivity contribution in [1.29, 1.82) is 0 Å². The lowest BCUT2D eigenvalue weighted by Crippen LogP contribution is -2.35. The number of halogens is 1. The third-order valence-corrected chi connectivity index (χ3v) is 7.43. The first-order valence-electron chi connectivity index (χ1n) is 12.6. The normalized spacial score (nSPS) is 17.3. The van der Waals surface area contributed by atoms with Gasteiger partial charge in [-0.2, -0.15) is 0 Å². The number of carbonyl (C=O) groups excluding carboxylic acids is 1. The van der Waals surface area contributed by atoms with Crippen molar-refractivity contribution in [3.63, 3.8) is 0 Å². The summed E-state index contributed by atoms with van der Waals surface area (Å²) in [7, 11) is 2.22. The molecule has 5 rings (SSSR count). The molecule has 6 heteroatoms. The van der Waals surface area contributed by atoms with Crippen molar-refractivity contribution in [3.05, 3.63) is 76.0 Å². The molecule has 5 nitrogen and oxygen atoms in total. The number of aromatic nitrogens is 2. The molecule has 2 fully saturated rings. The molecule has 2 heterocycles. The van der Waals surface area contributed by atoms with Gasteiger partial charge in [0.2, 0.25) is 0 Å². The lowest BCUT2D eigenvalue weighted by Gasteiger charge is -2.34. The number of imidazole rings is 1. The number of hydrogen-bond acceptors (Lipinski definition) is 4. The predicted molar refractivity (Wildman–Crippen MR) is 139 cm³/mol. The van der Waals surface area contributed by atoms with E-state index in [0.717, 1.165) is 55.2 Å². The lowest BCUT2D eigenvalue weighted by atomic mass is 9.89. The fourth-order valence-electron chi connectivity index (χ4n) is 4.58. The Morgan fingerprint density at radius 2 is 2.00 bits per heavy atom. The van der Waals surface area contributed by atoms with Crippen molar-refractivity contribution in [2.24, 2.45) is 0 Å². The molecule has 0 atom stereocenters. The van der Waals surface area contributed by atoms with Gasteiger partial charge in [-0.15, -0.1) is 0 Å². The van der Waals surface area contributed by atoms with Crippen LogP contribution < -0.4 is 0 Å². The van der Waals surface area contributed by atoms with Crippen LogP contribution in [0.3, 0.4) is 0 Å². The zero-order chi connectivity index (χ0) is 24.1. The van der Waals surface area contributed by atoms with E-state index in [-0.39, 0.29) is 5.78 Å². The van der Waals surface area contributed by atoms with Crippen molar-refractivity contribution in [1.82, 2.24) is 19.4 Å². The molecule has 1 aliphatic heterocycles. The van der Waals surface area contributed by atoms with Gasteiger partial charge in [0.05, 0.1) is 12.7 Å². The maximum absolute atomic E-state index is 11.7. The van der Waals surface area contributed by atoms with Crippen molar-refractivity contribution >= 4 is 17.4 Å². The van der Waals surface area contributed by atoms with Crippen molar-refractivity contribution in [2.75, 3.05) is 20.1 Å². The molecule has 0 saturated heterocycles. The summed E-state index contributed by atoms with van der Waals surface area (Å²) in [6, 6.07) is 8.71. The molecule has 0 unspecified atom stereocenters.